The van der Waals surface area contributed by atoms with Crippen molar-refractivity contribution >= 4 is 23.6 Å². The number of ether oxygens (including phenoxy) is 1. The van der Waals surface area contributed by atoms with Gasteiger partial charge < -0.3 is 10.1 Å². The van der Waals surface area contributed by atoms with Gasteiger partial charge in [0, 0.05) is 4.90 Å². The van der Waals surface area contributed by atoms with Crippen LogP contribution in [0.3, 0.4) is 0 Å². The molecule has 2 atom stereocenters. The molecule has 0 saturated carbocycles. The molecule has 0 saturated heterocycles. The number of carbonyl (C=O) groups excluding carboxylic acids is 2. The summed E-state index contributed by atoms with van der Waals surface area (Å²) >= 11 is 1.06. The molecule has 4 nitrogen and oxygen atoms in total. The van der Waals surface area contributed by atoms with Crippen molar-refractivity contribution in [2.24, 2.45) is 5.92 Å². The Labute approximate surface area is 132 Å². The lowest BCUT2D eigenvalue weighted by molar-refractivity contribution is -0.146. The lowest BCUT2D eigenvalue weighted by Crippen LogP contribution is -2.46. The number of benzene rings is 1. The molecule has 1 amide bonds. The van der Waals surface area contributed by atoms with E-state index >= 15 is 0 Å². The molecule has 0 heterocycles. The number of hydrogen-bond acceptors (Lipinski definition) is 4. The van der Waals surface area contributed by atoms with Crippen molar-refractivity contribution in [2.45, 2.75) is 31.2 Å². The second-order valence-corrected chi connectivity index (χ2v) is 5.87. The number of methoxy groups -OCH3 is 1. The number of amides is 1. The fourth-order valence-corrected chi connectivity index (χ4v) is 2.46. The third-order valence-corrected chi connectivity index (χ3v) is 4.24. The van der Waals surface area contributed by atoms with Crippen molar-refractivity contribution in [3.8, 4) is 0 Å². The summed E-state index contributed by atoms with van der Waals surface area (Å²) in [5, 5.41) is 2.61. The van der Waals surface area contributed by atoms with E-state index in [-0.39, 0.29) is 17.6 Å². The summed E-state index contributed by atoms with van der Waals surface area (Å²) < 4.78 is 30.6. The van der Waals surface area contributed by atoms with E-state index in [2.05, 4.69) is 10.1 Å². The Kier molecular flexibility index (Phi) is 7.31. The molecule has 0 aliphatic rings. The Hall–Kier alpha value is -1.63. The van der Waals surface area contributed by atoms with E-state index in [0.29, 0.717) is 11.3 Å². The van der Waals surface area contributed by atoms with Crippen molar-refractivity contribution in [2.75, 3.05) is 12.9 Å². The van der Waals surface area contributed by atoms with Crippen LogP contribution < -0.4 is 5.32 Å². The van der Waals surface area contributed by atoms with Crippen molar-refractivity contribution in [3.63, 3.8) is 0 Å². The summed E-state index contributed by atoms with van der Waals surface area (Å²) in [5.74, 6) is -2.83. The number of nitrogens with one attached hydrogen (secondary N) is 1. The molecule has 22 heavy (non-hydrogen) atoms. The molecular weight excluding hydrogens is 312 g/mol. The molecule has 0 fully saturated rings. The summed E-state index contributed by atoms with van der Waals surface area (Å²) in [6.45, 7) is 3.74. The summed E-state index contributed by atoms with van der Waals surface area (Å²) in [4.78, 5) is 24.0. The minimum Gasteiger partial charge on any atom is -0.467 e. The third-order valence-electron chi connectivity index (χ3n) is 3.25. The van der Waals surface area contributed by atoms with Gasteiger partial charge in [0.25, 0.3) is 0 Å². The molecule has 0 aliphatic heterocycles. The van der Waals surface area contributed by atoms with E-state index in [1.54, 1.807) is 0 Å². The second-order valence-electron chi connectivity index (χ2n) is 4.82. The van der Waals surface area contributed by atoms with Crippen LogP contribution in [-0.4, -0.2) is 30.8 Å². The normalized spacial score (nSPS) is 13.3. The summed E-state index contributed by atoms with van der Waals surface area (Å²) in [6, 6.07) is 2.71. The average molecular weight is 331 g/mol. The number of thioether (sulfide) groups is 1. The van der Waals surface area contributed by atoms with E-state index in [1.807, 2.05) is 13.8 Å². The van der Waals surface area contributed by atoms with Crippen molar-refractivity contribution in [3.05, 3.63) is 29.8 Å². The van der Waals surface area contributed by atoms with Crippen LogP contribution >= 0.6 is 11.8 Å². The van der Waals surface area contributed by atoms with Crippen molar-refractivity contribution in [1.29, 1.82) is 0 Å². The lowest BCUT2D eigenvalue weighted by atomic mass is 9.99. The fraction of sp³-hybridized carbons (Fsp3) is 0.467. The SMILES string of the molecule is CC[C@H](C)[C@H](NC(=O)CSc1ccc(F)c(F)c1)C(=O)OC. The topological polar surface area (TPSA) is 55.4 Å². The zero-order valence-electron chi connectivity index (χ0n) is 12.7. The first-order chi connectivity index (χ1) is 10.4. The van der Waals surface area contributed by atoms with Gasteiger partial charge in [-0.3, -0.25) is 4.79 Å². The van der Waals surface area contributed by atoms with Crippen LogP contribution in [0.2, 0.25) is 0 Å². The lowest BCUT2D eigenvalue weighted by Gasteiger charge is -2.21. The number of carbonyl (C=O) groups is 2. The molecule has 0 radical (unpaired) electrons. The van der Waals surface area contributed by atoms with E-state index in [9.17, 15) is 18.4 Å². The van der Waals surface area contributed by atoms with Crippen LogP contribution in [0.25, 0.3) is 0 Å². The highest BCUT2D eigenvalue weighted by Crippen LogP contribution is 2.20. The van der Waals surface area contributed by atoms with Crippen LogP contribution in [0.4, 0.5) is 8.78 Å². The molecule has 0 unspecified atom stereocenters. The van der Waals surface area contributed by atoms with Crippen LogP contribution in [0.5, 0.6) is 0 Å². The molecule has 1 aromatic carbocycles. The van der Waals surface area contributed by atoms with Crippen LogP contribution in [0.15, 0.2) is 23.1 Å². The Morgan fingerprint density at radius 3 is 2.55 bits per heavy atom. The highest BCUT2D eigenvalue weighted by molar-refractivity contribution is 8.00. The molecule has 0 aliphatic carbocycles. The predicted molar refractivity (Wildman–Crippen MR) is 80.5 cm³/mol. The largest absolute Gasteiger partial charge is 0.467 e. The summed E-state index contributed by atoms with van der Waals surface area (Å²) in [7, 11) is 1.26. The van der Waals surface area contributed by atoms with E-state index < -0.39 is 23.6 Å². The number of halogens is 2. The summed E-state index contributed by atoms with van der Waals surface area (Å²) in [5.41, 5.74) is 0. The number of esters is 1. The minimum absolute atomic E-state index is 0.00496. The smallest absolute Gasteiger partial charge is 0.328 e. The van der Waals surface area contributed by atoms with Crippen LogP contribution in [0.1, 0.15) is 20.3 Å². The first kappa shape index (κ1) is 18.4. The van der Waals surface area contributed by atoms with Gasteiger partial charge in [-0.15, -0.1) is 11.8 Å². The van der Waals surface area contributed by atoms with E-state index in [0.717, 1.165) is 23.9 Å². The average Bonchev–Trinajstić information content (AvgIpc) is 2.52. The molecule has 0 spiro atoms. The maximum atomic E-state index is 13.1. The van der Waals surface area contributed by atoms with Gasteiger partial charge in [-0.25, -0.2) is 13.6 Å². The predicted octanol–water partition coefficient (Wildman–Crippen LogP) is 2.76. The molecule has 1 aromatic rings. The fourth-order valence-electron chi connectivity index (χ4n) is 1.73. The van der Waals surface area contributed by atoms with Gasteiger partial charge in [0.05, 0.1) is 12.9 Å². The highest BCUT2D eigenvalue weighted by Gasteiger charge is 2.26. The van der Waals surface area contributed by atoms with Gasteiger partial charge in [-0.05, 0) is 24.1 Å². The molecule has 0 aromatic heterocycles. The monoisotopic (exact) mass is 331 g/mol. The zero-order valence-corrected chi connectivity index (χ0v) is 13.5. The Bertz CT molecular complexity index is 540. The van der Waals surface area contributed by atoms with Gasteiger partial charge in [0.1, 0.15) is 6.04 Å². The molecule has 1 N–H and O–H groups in total. The molecule has 1 rings (SSSR count). The zero-order chi connectivity index (χ0) is 16.7. The molecule has 0 bridgehead atoms. The maximum Gasteiger partial charge on any atom is 0.328 e. The first-order valence-electron chi connectivity index (χ1n) is 6.84. The Balaban J connectivity index is 2.60. The second kappa shape index (κ2) is 8.73. The standard InChI is InChI=1S/C15H19F2NO3S/c1-4-9(2)14(15(20)21-3)18-13(19)8-22-10-5-6-11(16)12(17)7-10/h5-7,9,14H,4,8H2,1-3H3,(H,18,19)/t9-,14-/m0/s1. The molecular formula is C15H19F2NO3S. The molecule has 7 heteroatoms. The first-order valence-corrected chi connectivity index (χ1v) is 7.82. The van der Waals surface area contributed by atoms with Crippen LogP contribution in [-0.2, 0) is 14.3 Å². The van der Waals surface area contributed by atoms with Gasteiger partial charge in [0.2, 0.25) is 5.91 Å². The Morgan fingerprint density at radius 2 is 2.00 bits per heavy atom. The Morgan fingerprint density at radius 1 is 1.32 bits per heavy atom. The van der Waals surface area contributed by atoms with Gasteiger partial charge in [-0.2, -0.15) is 0 Å². The van der Waals surface area contributed by atoms with Gasteiger partial charge in [-0.1, -0.05) is 20.3 Å². The maximum absolute atomic E-state index is 13.1. The van der Waals surface area contributed by atoms with Gasteiger partial charge in [0.15, 0.2) is 11.6 Å². The van der Waals surface area contributed by atoms with Crippen LogP contribution in [0, 0.1) is 17.6 Å². The summed E-state index contributed by atoms with van der Waals surface area (Å²) in [6.07, 6.45) is 0.705. The van der Waals surface area contributed by atoms with Gasteiger partial charge >= 0.3 is 5.97 Å². The third kappa shape index (κ3) is 5.29. The van der Waals surface area contributed by atoms with E-state index in [1.165, 1.54) is 13.2 Å². The van der Waals surface area contributed by atoms with Crippen molar-refractivity contribution < 1.29 is 23.1 Å². The number of rotatable bonds is 7. The highest BCUT2D eigenvalue weighted by atomic mass is 32.2. The quantitative estimate of drug-likeness (QED) is 0.617. The van der Waals surface area contributed by atoms with E-state index in [4.69, 9.17) is 0 Å². The van der Waals surface area contributed by atoms with Crippen molar-refractivity contribution in [1.82, 2.24) is 5.32 Å². The number of hydrogen-bond donors (Lipinski definition) is 1. The minimum atomic E-state index is -0.961. The molecule has 122 valence electrons.